The molecule has 3 aromatic rings. The topological polar surface area (TPSA) is 91.5 Å². The molecule has 2 aromatic carbocycles. The maximum atomic E-state index is 13.2. The standard InChI is InChI=1S/C22H23F3N4O3/c1-11(13-4-14(22(23,24)25)6-15(26)5-13)27-21-17-7-20-19(8-18(17)28-12(2)29-21)31-10-16(32-20)9-30-3/h4-8,11,16H,9-10,26H2,1-3H3,(H,27,28,29)/t11-,16?/m1/s1. The number of hydrogen-bond donors (Lipinski definition) is 2. The Labute approximate surface area is 182 Å². The van der Waals surface area contributed by atoms with E-state index in [0.29, 0.717) is 52.8 Å². The summed E-state index contributed by atoms with van der Waals surface area (Å²) in [5.41, 5.74) is 5.98. The first-order chi connectivity index (χ1) is 15.1. The van der Waals surface area contributed by atoms with Crippen molar-refractivity contribution in [3.05, 3.63) is 47.3 Å². The van der Waals surface area contributed by atoms with E-state index >= 15 is 0 Å². The number of halogens is 3. The molecule has 0 spiro atoms. The zero-order valence-corrected chi connectivity index (χ0v) is 17.8. The highest BCUT2D eigenvalue weighted by Crippen LogP contribution is 2.38. The Bertz CT molecular complexity index is 1150. The number of rotatable bonds is 5. The minimum Gasteiger partial charge on any atom is -0.486 e. The molecular formula is C22H23F3N4O3. The van der Waals surface area contributed by atoms with Crippen LogP contribution in [0.3, 0.4) is 0 Å². The van der Waals surface area contributed by atoms with Gasteiger partial charge in [-0.1, -0.05) is 0 Å². The maximum Gasteiger partial charge on any atom is 0.416 e. The van der Waals surface area contributed by atoms with Crippen LogP contribution in [0.15, 0.2) is 30.3 Å². The van der Waals surface area contributed by atoms with Crippen molar-refractivity contribution in [1.82, 2.24) is 9.97 Å². The molecular weight excluding hydrogens is 425 g/mol. The van der Waals surface area contributed by atoms with Crippen molar-refractivity contribution < 1.29 is 27.4 Å². The molecule has 0 saturated carbocycles. The van der Waals surface area contributed by atoms with Crippen molar-refractivity contribution >= 4 is 22.4 Å². The predicted molar refractivity (Wildman–Crippen MR) is 114 cm³/mol. The number of ether oxygens (including phenoxy) is 3. The van der Waals surface area contributed by atoms with Crippen molar-refractivity contribution in [2.45, 2.75) is 32.2 Å². The zero-order valence-electron chi connectivity index (χ0n) is 17.8. The number of alkyl halides is 3. The molecule has 1 unspecified atom stereocenters. The highest BCUT2D eigenvalue weighted by atomic mass is 19.4. The van der Waals surface area contributed by atoms with Gasteiger partial charge in [-0.05, 0) is 43.7 Å². The number of aryl methyl sites for hydroxylation is 1. The van der Waals surface area contributed by atoms with Gasteiger partial charge in [0.2, 0.25) is 0 Å². The Morgan fingerprint density at radius 2 is 1.97 bits per heavy atom. The third-order valence-electron chi connectivity index (χ3n) is 5.10. The van der Waals surface area contributed by atoms with Crippen LogP contribution in [0.2, 0.25) is 0 Å². The normalized spacial score (nSPS) is 16.8. The number of hydrogen-bond acceptors (Lipinski definition) is 7. The van der Waals surface area contributed by atoms with E-state index in [1.54, 1.807) is 33.1 Å². The first-order valence-electron chi connectivity index (χ1n) is 9.99. The van der Waals surface area contributed by atoms with Gasteiger partial charge in [0, 0.05) is 24.2 Å². The number of fused-ring (bicyclic) bond motifs is 2. The van der Waals surface area contributed by atoms with E-state index in [4.69, 9.17) is 19.9 Å². The van der Waals surface area contributed by atoms with Crippen molar-refractivity contribution in [1.29, 1.82) is 0 Å². The largest absolute Gasteiger partial charge is 0.486 e. The lowest BCUT2D eigenvalue weighted by Gasteiger charge is -2.26. The minimum atomic E-state index is -4.49. The van der Waals surface area contributed by atoms with E-state index in [2.05, 4.69) is 15.3 Å². The Kier molecular flexibility index (Phi) is 5.72. The molecule has 1 aliphatic rings. The van der Waals surface area contributed by atoms with Crippen LogP contribution in [-0.2, 0) is 10.9 Å². The van der Waals surface area contributed by atoms with E-state index in [1.165, 1.54) is 6.07 Å². The fourth-order valence-corrected chi connectivity index (χ4v) is 3.61. The highest BCUT2D eigenvalue weighted by molar-refractivity contribution is 5.92. The Balaban J connectivity index is 1.70. The van der Waals surface area contributed by atoms with Crippen molar-refractivity contribution in [3.8, 4) is 11.5 Å². The molecule has 4 rings (SSSR count). The fourth-order valence-electron chi connectivity index (χ4n) is 3.61. The summed E-state index contributed by atoms with van der Waals surface area (Å²) in [7, 11) is 1.58. The van der Waals surface area contributed by atoms with Crippen LogP contribution in [0.5, 0.6) is 11.5 Å². The van der Waals surface area contributed by atoms with Gasteiger partial charge in [-0.2, -0.15) is 13.2 Å². The molecule has 0 saturated heterocycles. The molecule has 3 N–H and O–H groups in total. The van der Waals surface area contributed by atoms with Gasteiger partial charge >= 0.3 is 6.18 Å². The van der Waals surface area contributed by atoms with Crippen LogP contribution >= 0.6 is 0 Å². The van der Waals surface area contributed by atoms with Gasteiger partial charge in [0.05, 0.1) is 23.7 Å². The SMILES string of the molecule is COCC1COc2cc3nc(C)nc(N[C@H](C)c4cc(N)cc(C(F)(F)F)c4)c3cc2O1. The number of nitrogen functional groups attached to an aromatic ring is 1. The molecule has 1 aromatic heterocycles. The lowest BCUT2D eigenvalue weighted by molar-refractivity contribution is -0.137. The Hall–Kier alpha value is -3.27. The number of nitrogens with two attached hydrogens (primary N) is 1. The highest BCUT2D eigenvalue weighted by Gasteiger charge is 2.31. The van der Waals surface area contributed by atoms with E-state index in [-0.39, 0.29) is 11.8 Å². The third-order valence-corrected chi connectivity index (χ3v) is 5.10. The van der Waals surface area contributed by atoms with Gasteiger partial charge in [0.25, 0.3) is 0 Å². The van der Waals surface area contributed by atoms with Crippen LogP contribution in [0.25, 0.3) is 10.9 Å². The fraction of sp³-hybridized carbons (Fsp3) is 0.364. The summed E-state index contributed by atoms with van der Waals surface area (Å²) in [6, 6.07) is 6.53. The van der Waals surface area contributed by atoms with Crippen LogP contribution in [0.1, 0.15) is 29.9 Å². The van der Waals surface area contributed by atoms with Crippen molar-refractivity contribution in [2.75, 3.05) is 31.4 Å². The third kappa shape index (κ3) is 4.50. The summed E-state index contributed by atoms with van der Waals surface area (Å²) in [5.74, 6) is 2.06. The van der Waals surface area contributed by atoms with Crippen LogP contribution in [0.4, 0.5) is 24.7 Å². The lowest BCUT2D eigenvalue weighted by Crippen LogP contribution is -2.33. The summed E-state index contributed by atoms with van der Waals surface area (Å²) < 4.78 is 56.5. The molecule has 7 nitrogen and oxygen atoms in total. The molecule has 0 fully saturated rings. The molecule has 2 atom stereocenters. The molecule has 32 heavy (non-hydrogen) atoms. The average molecular weight is 448 g/mol. The lowest BCUT2D eigenvalue weighted by atomic mass is 10.0. The van der Waals surface area contributed by atoms with E-state index in [0.717, 1.165) is 12.1 Å². The van der Waals surface area contributed by atoms with Crippen LogP contribution in [-0.4, -0.2) is 36.4 Å². The van der Waals surface area contributed by atoms with Gasteiger partial charge in [0.15, 0.2) is 17.6 Å². The second-order valence-electron chi connectivity index (χ2n) is 7.69. The van der Waals surface area contributed by atoms with Crippen molar-refractivity contribution in [3.63, 3.8) is 0 Å². The predicted octanol–water partition coefficient (Wildman–Crippen LogP) is 4.50. The number of aromatic nitrogens is 2. The van der Waals surface area contributed by atoms with Gasteiger partial charge in [-0.15, -0.1) is 0 Å². The van der Waals surface area contributed by atoms with Crippen molar-refractivity contribution in [2.24, 2.45) is 0 Å². The molecule has 0 radical (unpaired) electrons. The van der Waals surface area contributed by atoms with E-state index < -0.39 is 17.8 Å². The summed E-state index contributed by atoms with van der Waals surface area (Å²) in [6.45, 7) is 4.21. The smallest absolute Gasteiger partial charge is 0.416 e. The van der Waals surface area contributed by atoms with E-state index in [9.17, 15) is 13.2 Å². The number of nitrogens with zero attached hydrogens (tertiary/aromatic N) is 2. The first kappa shape index (κ1) is 21.9. The Morgan fingerprint density at radius 1 is 1.19 bits per heavy atom. The summed E-state index contributed by atoms with van der Waals surface area (Å²) in [4.78, 5) is 8.93. The van der Waals surface area contributed by atoms with Crippen LogP contribution in [0, 0.1) is 6.92 Å². The number of methoxy groups -OCH3 is 1. The summed E-state index contributed by atoms with van der Waals surface area (Å²) >= 11 is 0. The molecule has 10 heteroatoms. The molecule has 170 valence electrons. The number of benzene rings is 2. The van der Waals surface area contributed by atoms with Gasteiger partial charge < -0.3 is 25.3 Å². The van der Waals surface area contributed by atoms with E-state index in [1.807, 2.05) is 0 Å². The minimum absolute atomic E-state index is 0.0380. The van der Waals surface area contributed by atoms with Gasteiger partial charge in [0.1, 0.15) is 18.2 Å². The second kappa shape index (κ2) is 8.34. The first-order valence-corrected chi connectivity index (χ1v) is 9.99. The molecule has 1 aliphatic heterocycles. The summed E-state index contributed by atoms with van der Waals surface area (Å²) in [6.07, 6.45) is -4.74. The average Bonchev–Trinajstić information content (AvgIpc) is 2.71. The zero-order chi connectivity index (χ0) is 23.0. The summed E-state index contributed by atoms with van der Waals surface area (Å²) in [5, 5.41) is 3.85. The second-order valence-corrected chi connectivity index (χ2v) is 7.69. The quantitative estimate of drug-likeness (QED) is 0.556. The maximum absolute atomic E-state index is 13.2. The van der Waals surface area contributed by atoms with Crippen LogP contribution < -0.4 is 20.5 Å². The van der Waals surface area contributed by atoms with Gasteiger partial charge in [-0.3, -0.25) is 0 Å². The monoisotopic (exact) mass is 448 g/mol. The number of anilines is 2. The molecule has 0 amide bonds. The number of nitrogens with one attached hydrogen (secondary N) is 1. The Morgan fingerprint density at radius 3 is 2.69 bits per heavy atom. The molecule has 2 heterocycles. The van der Waals surface area contributed by atoms with Gasteiger partial charge in [-0.25, -0.2) is 9.97 Å². The molecule has 0 aliphatic carbocycles. The molecule has 0 bridgehead atoms.